The van der Waals surface area contributed by atoms with E-state index in [1.807, 2.05) is 31.2 Å². The molecule has 0 aromatic heterocycles. The molecule has 0 saturated carbocycles. The Morgan fingerprint density at radius 2 is 2.11 bits per heavy atom. The third kappa shape index (κ3) is 4.19. The smallest absolute Gasteiger partial charge is 0.241 e. The molecular weight excluding hydrogens is 228 g/mol. The van der Waals surface area contributed by atoms with Gasteiger partial charge in [0.25, 0.3) is 0 Å². The van der Waals surface area contributed by atoms with E-state index in [1.165, 1.54) is 0 Å². The highest BCUT2D eigenvalue weighted by atomic mass is 16.5. The normalized spacial score (nSPS) is 13.4. The zero-order valence-corrected chi connectivity index (χ0v) is 10.7. The standard InChI is InChI=1S/C14H18N2O2/c1-11(10-18-2)9-16-14(17)13(8-15)12-6-4-3-5-7-12/h3-7,11,13H,9-10H2,1-2H3,(H,16,17). The van der Waals surface area contributed by atoms with Crippen molar-refractivity contribution in [3.05, 3.63) is 35.9 Å². The van der Waals surface area contributed by atoms with Gasteiger partial charge in [0.05, 0.1) is 12.7 Å². The van der Waals surface area contributed by atoms with Crippen LogP contribution in [0.5, 0.6) is 0 Å². The molecule has 2 atom stereocenters. The molecular formula is C14H18N2O2. The monoisotopic (exact) mass is 246 g/mol. The lowest BCUT2D eigenvalue weighted by molar-refractivity contribution is -0.121. The first kappa shape index (κ1) is 14.2. The average Bonchev–Trinajstić information content (AvgIpc) is 2.39. The van der Waals surface area contributed by atoms with Crippen LogP contribution in [0.4, 0.5) is 0 Å². The van der Waals surface area contributed by atoms with Gasteiger partial charge in [0.15, 0.2) is 0 Å². The molecule has 1 amide bonds. The van der Waals surface area contributed by atoms with Crippen molar-refractivity contribution in [2.45, 2.75) is 12.8 Å². The molecule has 96 valence electrons. The second-order valence-electron chi connectivity index (χ2n) is 4.28. The minimum atomic E-state index is -0.749. The Hall–Kier alpha value is -1.86. The zero-order valence-electron chi connectivity index (χ0n) is 10.7. The Morgan fingerprint density at radius 3 is 2.67 bits per heavy atom. The molecule has 0 spiro atoms. The number of hydrogen-bond acceptors (Lipinski definition) is 3. The quantitative estimate of drug-likeness (QED) is 0.830. The van der Waals surface area contributed by atoms with Gasteiger partial charge in [0, 0.05) is 13.7 Å². The predicted molar refractivity (Wildman–Crippen MR) is 68.8 cm³/mol. The van der Waals surface area contributed by atoms with Gasteiger partial charge in [-0.1, -0.05) is 37.3 Å². The predicted octanol–water partition coefficient (Wildman–Crippen LogP) is 1.69. The van der Waals surface area contributed by atoms with Crippen molar-refractivity contribution in [3.8, 4) is 6.07 Å². The van der Waals surface area contributed by atoms with E-state index in [2.05, 4.69) is 5.32 Å². The number of nitriles is 1. The van der Waals surface area contributed by atoms with Crippen molar-refractivity contribution < 1.29 is 9.53 Å². The molecule has 0 bridgehead atoms. The summed E-state index contributed by atoms with van der Waals surface area (Å²) < 4.78 is 4.99. The van der Waals surface area contributed by atoms with Crippen LogP contribution < -0.4 is 5.32 Å². The summed E-state index contributed by atoms with van der Waals surface area (Å²) in [5, 5.41) is 11.9. The lowest BCUT2D eigenvalue weighted by Crippen LogP contribution is -2.33. The molecule has 18 heavy (non-hydrogen) atoms. The molecule has 1 aromatic rings. The molecule has 0 fully saturated rings. The van der Waals surface area contributed by atoms with E-state index in [1.54, 1.807) is 19.2 Å². The topological polar surface area (TPSA) is 62.1 Å². The number of ether oxygens (including phenoxy) is 1. The Labute approximate surface area is 108 Å². The van der Waals surface area contributed by atoms with Crippen molar-refractivity contribution in [2.24, 2.45) is 5.92 Å². The number of benzene rings is 1. The lowest BCUT2D eigenvalue weighted by atomic mass is 10.00. The Balaban J connectivity index is 2.57. The van der Waals surface area contributed by atoms with Crippen molar-refractivity contribution in [2.75, 3.05) is 20.3 Å². The molecule has 1 aromatic carbocycles. The Kier molecular flexibility index (Phi) is 5.89. The fourth-order valence-corrected chi connectivity index (χ4v) is 1.65. The third-order valence-corrected chi connectivity index (χ3v) is 2.60. The maximum atomic E-state index is 11.9. The van der Waals surface area contributed by atoms with Crippen molar-refractivity contribution >= 4 is 5.91 Å². The summed E-state index contributed by atoms with van der Waals surface area (Å²) in [6, 6.07) is 11.1. The molecule has 1 rings (SSSR count). The minimum absolute atomic E-state index is 0.231. The molecule has 0 aliphatic heterocycles. The summed E-state index contributed by atoms with van der Waals surface area (Å²) in [7, 11) is 1.63. The van der Waals surface area contributed by atoms with Gasteiger partial charge < -0.3 is 10.1 Å². The number of rotatable bonds is 6. The summed E-state index contributed by atoms with van der Waals surface area (Å²) in [6.07, 6.45) is 0. The van der Waals surface area contributed by atoms with E-state index in [9.17, 15) is 4.79 Å². The first-order valence-corrected chi connectivity index (χ1v) is 5.90. The van der Waals surface area contributed by atoms with Crippen LogP contribution in [0.25, 0.3) is 0 Å². The molecule has 0 aliphatic rings. The van der Waals surface area contributed by atoms with E-state index in [0.29, 0.717) is 13.2 Å². The number of amides is 1. The van der Waals surface area contributed by atoms with E-state index >= 15 is 0 Å². The molecule has 4 heteroatoms. The summed E-state index contributed by atoms with van der Waals surface area (Å²) in [4.78, 5) is 11.9. The van der Waals surface area contributed by atoms with E-state index in [4.69, 9.17) is 10.00 Å². The second kappa shape index (κ2) is 7.46. The third-order valence-electron chi connectivity index (χ3n) is 2.60. The maximum absolute atomic E-state index is 11.9. The molecule has 1 N–H and O–H groups in total. The van der Waals surface area contributed by atoms with Gasteiger partial charge in [0.1, 0.15) is 5.92 Å². The molecule has 0 heterocycles. The average molecular weight is 246 g/mol. The Morgan fingerprint density at radius 1 is 1.44 bits per heavy atom. The van der Waals surface area contributed by atoms with Gasteiger partial charge in [0.2, 0.25) is 5.91 Å². The maximum Gasteiger partial charge on any atom is 0.241 e. The van der Waals surface area contributed by atoms with E-state index in [0.717, 1.165) is 5.56 Å². The van der Waals surface area contributed by atoms with Crippen LogP contribution >= 0.6 is 0 Å². The molecule has 0 radical (unpaired) electrons. The van der Waals surface area contributed by atoms with Crippen LogP contribution in [-0.4, -0.2) is 26.2 Å². The lowest BCUT2D eigenvalue weighted by Gasteiger charge is -2.14. The van der Waals surface area contributed by atoms with Gasteiger partial charge >= 0.3 is 0 Å². The van der Waals surface area contributed by atoms with Gasteiger partial charge in [-0.05, 0) is 11.5 Å². The second-order valence-corrected chi connectivity index (χ2v) is 4.28. The fraction of sp³-hybridized carbons (Fsp3) is 0.429. The van der Waals surface area contributed by atoms with Gasteiger partial charge in [-0.3, -0.25) is 4.79 Å². The van der Waals surface area contributed by atoms with Crippen LogP contribution in [0.1, 0.15) is 18.4 Å². The van der Waals surface area contributed by atoms with Crippen LogP contribution in [0.2, 0.25) is 0 Å². The summed E-state index contributed by atoms with van der Waals surface area (Å²) >= 11 is 0. The summed E-state index contributed by atoms with van der Waals surface area (Å²) in [5.41, 5.74) is 0.719. The zero-order chi connectivity index (χ0) is 13.4. The number of carbonyl (C=O) groups excluding carboxylic acids is 1. The number of hydrogen-bond donors (Lipinski definition) is 1. The highest BCUT2D eigenvalue weighted by Gasteiger charge is 2.19. The first-order chi connectivity index (χ1) is 8.69. The number of nitrogens with one attached hydrogen (secondary N) is 1. The SMILES string of the molecule is COCC(C)CNC(=O)C(C#N)c1ccccc1. The van der Waals surface area contributed by atoms with Crippen LogP contribution in [-0.2, 0) is 9.53 Å². The van der Waals surface area contributed by atoms with Crippen LogP contribution in [0, 0.1) is 17.2 Å². The summed E-state index contributed by atoms with van der Waals surface area (Å²) in [5.74, 6) is -0.776. The fourth-order valence-electron chi connectivity index (χ4n) is 1.65. The van der Waals surface area contributed by atoms with E-state index < -0.39 is 5.92 Å². The Bertz CT molecular complexity index is 412. The van der Waals surface area contributed by atoms with Gasteiger partial charge in [-0.2, -0.15) is 5.26 Å². The van der Waals surface area contributed by atoms with Crippen molar-refractivity contribution in [1.82, 2.24) is 5.32 Å². The molecule has 4 nitrogen and oxygen atoms in total. The van der Waals surface area contributed by atoms with Crippen LogP contribution in [0.3, 0.4) is 0 Å². The highest BCUT2D eigenvalue weighted by molar-refractivity contribution is 5.86. The summed E-state index contributed by atoms with van der Waals surface area (Å²) in [6.45, 7) is 3.08. The molecule has 0 saturated heterocycles. The number of nitrogens with zero attached hydrogens (tertiary/aromatic N) is 1. The van der Waals surface area contributed by atoms with Gasteiger partial charge in [-0.15, -0.1) is 0 Å². The highest BCUT2D eigenvalue weighted by Crippen LogP contribution is 2.14. The van der Waals surface area contributed by atoms with Crippen molar-refractivity contribution in [3.63, 3.8) is 0 Å². The minimum Gasteiger partial charge on any atom is -0.384 e. The van der Waals surface area contributed by atoms with Crippen LogP contribution in [0.15, 0.2) is 30.3 Å². The van der Waals surface area contributed by atoms with Crippen molar-refractivity contribution in [1.29, 1.82) is 5.26 Å². The molecule has 2 unspecified atom stereocenters. The first-order valence-electron chi connectivity index (χ1n) is 5.90. The number of carbonyl (C=O) groups is 1. The number of methoxy groups -OCH3 is 1. The molecule has 0 aliphatic carbocycles. The largest absolute Gasteiger partial charge is 0.384 e. The van der Waals surface area contributed by atoms with E-state index in [-0.39, 0.29) is 11.8 Å². The van der Waals surface area contributed by atoms with Gasteiger partial charge in [-0.25, -0.2) is 0 Å².